The molecule has 1 aromatic rings. The molecule has 0 fully saturated rings. The van der Waals surface area contributed by atoms with E-state index in [0.29, 0.717) is 15.2 Å². The Bertz CT molecular complexity index is 407. The van der Waals surface area contributed by atoms with Gasteiger partial charge in [-0.25, -0.2) is 0 Å². The molecule has 0 aromatic heterocycles. The zero-order valence-corrected chi connectivity index (χ0v) is 11.0. The van der Waals surface area contributed by atoms with Crippen LogP contribution in [-0.4, -0.2) is 17.9 Å². The van der Waals surface area contributed by atoms with E-state index in [4.69, 9.17) is 35.4 Å². The van der Waals surface area contributed by atoms with E-state index >= 15 is 0 Å². The Morgan fingerprint density at radius 3 is 2.94 bits per heavy atom. The summed E-state index contributed by atoms with van der Waals surface area (Å²) in [6, 6.07) is 5.34. The standard InChI is InChI=1S/C10H11Cl2N3S/c1-2-13-10(16)15-14-6-7-4-3-5-8(11)9(7)12/h3-6H,2H2,1H3,(H2,13,15,16)/b14-6+. The second kappa shape index (κ2) is 6.68. The molecule has 0 saturated heterocycles. The van der Waals surface area contributed by atoms with Gasteiger partial charge in [0.05, 0.1) is 16.3 Å². The molecule has 16 heavy (non-hydrogen) atoms. The Hall–Kier alpha value is -0.840. The summed E-state index contributed by atoms with van der Waals surface area (Å²) < 4.78 is 0. The van der Waals surface area contributed by atoms with Crippen LogP contribution in [0.4, 0.5) is 0 Å². The monoisotopic (exact) mass is 275 g/mol. The van der Waals surface area contributed by atoms with E-state index in [-0.39, 0.29) is 0 Å². The number of thiocarbonyl (C=S) groups is 1. The zero-order chi connectivity index (χ0) is 12.0. The molecule has 0 bridgehead atoms. The zero-order valence-electron chi connectivity index (χ0n) is 8.63. The maximum absolute atomic E-state index is 5.97. The lowest BCUT2D eigenvalue weighted by Gasteiger charge is -2.03. The molecule has 0 aliphatic rings. The van der Waals surface area contributed by atoms with E-state index in [2.05, 4.69) is 15.8 Å². The molecule has 3 nitrogen and oxygen atoms in total. The minimum atomic E-state index is 0.469. The van der Waals surface area contributed by atoms with Gasteiger partial charge < -0.3 is 5.32 Å². The SMILES string of the molecule is CCNC(=S)N/N=C/c1cccc(Cl)c1Cl. The molecule has 86 valence electrons. The average molecular weight is 276 g/mol. The third kappa shape index (κ3) is 3.96. The van der Waals surface area contributed by atoms with Gasteiger partial charge in [-0.15, -0.1) is 0 Å². The van der Waals surface area contributed by atoms with Crippen LogP contribution < -0.4 is 10.7 Å². The van der Waals surface area contributed by atoms with Crippen molar-refractivity contribution in [2.24, 2.45) is 5.10 Å². The first-order valence-electron chi connectivity index (χ1n) is 4.66. The quantitative estimate of drug-likeness (QED) is 0.506. The van der Waals surface area contributed by atoms with E-state index in [0.717, 1.165) is 12.1 Å². The lowest BCUT2D eigenvalue weighted by atomic mass is 10.2. The molecule has 0 amide bonds. The van der Waals surface area contributed by atoms with Gasteiger partial charge in [-0.1, -0.05) is 35.3 Å². The third-order valence-electron chi connectivity index (χ3n) is 1.69. The molecule has 0 heterocycles. The average Bonchev–Trinajstić information content (AvgIpc) is 2.25. The predicted octanol–water partition coefficient (Wildman–Crippen LogP) is 2.81. The van der Waals surface area contributed by atoms with Gasteiger partial charge in [-0.05, 0) is 25.2 Å². The van der Waals surface area contributed by atoms with E-state index in [9.17, 15) is 0 Å². The van der Waals surface area contributed by atoms with Gasteiger partial charge in [0.15, 0.2) is 5.11 Å². The highest BCUT2D eigenvalue weighted by Gasteiger charge is 2.00. The van der Waals surface area contributed by atoms with Crippen molar-refractivity contribution in [1.29, 1.82) is 0 Å². The maximum Gasteiger partial charge on any atom is 0.186 e. The fraction of sp³-hybridized carbons (Fsp3) is 0.200. The minimum absolute atomic E-state index is 0.469. The Kier molecular flexibility index (Phi) is 5.52. The van der Waals surface area contributed by atoms with Crippen molar-refractivity contribution in [3.8, 4) is 0 Å². The second-order valence-electron chi connectivity index (χ2n) is 2.87. The van der Waals surface area contributed by atoms with Gasteiger partial charge >= 0.3 is 0 Å². The fourth-order valence-electron chi connectivity index (χ4n) is 0.981. The molecule has 0 aliphatic carbocycles. The summed E-state index contributed by atoms with van der Waals surface area (Å²) in [5.74, 6) is 0. The van der Waals surface area contributed by atoms with Crippen molar-refractivity contribution in [3.63, 3.8) is 0 Å². The number of rotatable bonds is 3. The van der Waals surface area contributed by atoms with Gasteiger partial charge in [0.1, 0.15) is 0 Å². The Balaban J connectivity index is 2.63. The highest BCUT2D eigenvalue weighted by Crippen LogP contribution is 2.23. The second-order valence-corrected chi connectivity index (χ2v) is 4.07. The molecule has 1 rings (SSSR count). The first kappa shape index (κ1) is 13.2. The van der Waals surface area contributed by atoms with Crippen LogP contribution >= 0.6 is 35.4 Å². The first-order chi connectivity index (χ1) is 7.65. The van der Waals surface area contributed by atoms with E-state index in [1.165, 1.54) is 0 Å². The molecular formula is C10H11Cl2N3S. The number of nitrogens with one attached hydrogen (secondary N) is 2. The lowest BCUT2D eigenvalue weighted by molar-refractivity contribution is 0.904. The maximum atomic E-state index is 5.97. The van der Waals surface area contributed by atoms with E-state index in [1.807, 2.05) is 13.0 Å². The summed E-state index contributed by atoms with van der Waals surface area (Å²) in [6.45, 7) is 2.70. The van der Waals surface area contributed by atoms with Crippen molar-refractivity contribution in [2.45, 2.75) is 6.92 Å². The van der Waals surface area contributed by atoms with Crippen LogP contribution in [0.1, 0.15) is 12.5 Å². The molecule has 2 N–H and O–H groups in total. The Morgan fingerprint density at radius 2 is 2.25 bits per heavy atom. The highest BCUT2D eigenvalue weighted by molar-refractivity contribution is 7.80. The molecule has 0 aliphatic heterocycles. The number of nitrogens with zero attached hydrogens (tertiary/aromatic N) is 1. The van der Waals surface area contributed by atoms with E-state index < -0.39 is 0 Å². The largest absolute Gasteiger partial charge is 0.362 e. The molecule has 0 radical (unpaired) electrons. The number of halogens is 2. The van der Waals surface area contributed by atoms with Crippen LogP contribution in [0.15, 0.2) is 23.3 Å². The van der Waals surface area contributed by atoms with Gasteiger partial charge in [0.2, 0.25) is 0 Å². The van der Waals surface area contributed by atoms with Crippen molar-refractivity contribution >= 4 is 46.7 Å². The molecule has 0 saturated carbocycles. The van der Waals surface area contributed by atoms with Gasteiger partial charge in [0, 0.05) is 12.1 Å². The van der Waals surface area contributed by atoms with E-state index in [1.54, 1.807) is 18.3 Å². The van der Waals surface area contributed by atoms with Crippen molar-refractivity contribution in [1.82, 2.24) is 10.7 Å². The number of hydrogen-bond acceptors (Lipinski definition) is 2. The number of hydrazone groups is 1. The summed E-state index contributed by atoms with van der Waals surface area (Å²) in [6.07, 6.45) is 1.57. The van der Waals surface area contributed by atoms with Crippen LogP contribution in [0.2, 0.25) is 10.0 Å². The van der Waals surface area contributed by atoms with Gasteiger partial charge in [-0.2, -0.15) is 5.10 Å². The smallest absolute Gasteiger partial charge is 0.186 e. The molecule has 6 heteroatoms. The van der Waals surface area contributed by atoms with Crippen LogP contribution in [0.5, 0.6) is 0 Å². The molecule has 1 aromatic carbocycles. The van der Waals surface area contributed by atoms with Gasteiger partial charge in [0.25, 0.3) is 0 Å². The van der Waals surface area contributed by atoms with Crippen molar-refractivity contribution in [3.05, 3.63) is 33.8 Å². The Labute approximate surface area is 110 Å². The van der Waals surface area contributed by atoms with Crippen LogP contribution in [0.3, 0.4) is 0 Å². The number of benzene rings is 1. The normalized spacial score (nSPS) is 10.4. The molecule has 0 atom stereocenters. The van der Waals surface area contributed by atoms with Crippen molar-refractivity contribution in [2.75, 3.05) is 6.54 Å². The highest BCUT2D eigenvalue weighted by atomic mass is 35.5. The third-order valence-corrected chi connectivity index (χ3v) is 2.76. The summed E-state index contributed by atoms with van der Waals surface area (Å²) in [4.78, 5) is 0. The van der Waals surface area contributed by atoms with Crippen LogP contribution in [0.25, 0.3) is 0 Å². The molecule has 0 spiro atoms. The van der Waals surface area contributed by atoms with Gasteiger partial charge in [-0.3, -0.25) is 5.43 Å². The minimum Gasteiger partial charge on any atom is -0.362 e. The summed E-state index contributed by atoms with van der Waals surface area (Å²) in [5, 5.41) is 8.29. The van der Waals surface area contributed by atoms with Crippen molar-refractivity contribution < 1.29 is 0 Å². The first-order valence-corrected chi connectivity index (χ1v) is 5.82. The molecule has 0 unspecified atom stereocenters. The summed E-state index contributed by atoms with van der Waals surface area (Å²) >= 11 is 16.8. The number of hydrogen-bond donors (Lipinski definition) is 2. The topological polar surface area (TPSA) is 36.4 Å². The fourth-order valence-corrected chi connectivity index (χ4v) is 1.53. The lowest BCUT2D eigenvalue weighted by Crippen LogP contribution is -2.31. The summed E-state index contributed by atoms with van der Waals surface area (Å²) in [5.41, 5.74) is 3.40. The summed E-state index contributed by atoms with van der Waals surface area (Å²) in [7, 11) is 0. The van der Waals surface area contributed by atoms with Crippen LogP contribution in [-0.2, 0) is 0 Å². The Morgan fingerprint density at radius 1 is 1.50 bits per heavy atom. The van der Waals surface area contributed by atoms with Crippen LogP contribution in [0, 0.1) is 0 Å². The predicted molar refractivity (Wildman–Crippen MR) is 73.5 cm³/mol. The molecular weight excluding hydrogens is 265 g/mol.